The maximum absolute atomic E-state index is 12.1. The lowest BCUT2D eigenvalue weighted by molar-refractivity contribution is 0.0955. The molecule has 4 N–H and O–H groups in total. The molecule has 2 aromatic heterocycles. The van der Waals surface area contributed by atoms with E-state index in [4.69, 9.17) is 5.73 Å². The van der Waals surface area contributed by atoms with Crippen LogP contribution in [0.25, 0.3) is 0 Å². The van der Waals surface area contributed by atoms with Gasteiger partial charge >= 0.3 is 0 Å². The number of nitrogens with zero attached hydrogens (tertiary/aromatic N) is 3. The number of amides is 1. The van der Waals surface area contributed by atoms with Crippen molar-refractivity contribution in [2.75, 3.05) is 11.1 Å². The Morgan fingerprint density at radius 2 is 2.19 bits per heavy atom. The van der Waals surface area contributed by atoms with Crippen LogP contribution >= 0.6 is 11.3 Å². The van der Waals surface area contributed by atoms with Crippen LogP contribution in [0.15, 0.2) is 12.3 Å². The Labute approximate surface area is 127 Å². The fraction of sp³-hybridized carbons (Fsp3) is 0.462. The van der Waals surface area contributed by atoms with Gasteiger partial charge in [-0.3, -0.25) is 9.48 Å². The molecule has 0 aliphatic rings. The highest BCUT2D eigenvalue weighted by molar-refractivity contribution is 7.18. The number of aromatic nitrogens is 3. The van der Waals surface area contributed by atoms with Crippen molar-refractivity contribution in [3.8, 4) is 0 Å². The molecule has 0 fully saturated rings. The largest absolute Gasteiger partial charge is 0.382 e. The summed E-state index contributed by atoms with van der Waals surface area (Å²) in [6, 6.07) is 1.85. The number of hydrogen-bond acceptors (Lipinski definition) is 6. The minimum absolute atomic E-state index is 0.133. The molecule has 0 radical (unpaired) electrons. The lowest BCUT2D eigenvalue weighted by Gasteiger charge is -2.19. The molecule has 0 aromatic carbocycles. The lowest BCUT2D eigenvalue weighted by Crippen LogP contribution is -2.25. The molecule has 2 heterocycles. The highest BCUT2D eigenvalue weighted by atomic mass is 32.1. The average Bonchev–Trinajstić information content (AvgIpc) is 2.90. The van der Waals surface area contributed by atoms with Crippen molar-refractivity contribution in [1.82, 2.24) is 20.1 Å². The molecule has 114 valence electrons. The molecule has 21 heavy (non-hydrogen) atoms. The molecule has 0 spiro atoms. The monoisotopic (exact) mass is 308 g/mol. The maximum atomic E-state index is 12.1. The third kappa shape index (κ3) is 4.19. The Kier molecular flexibility index (Phi) is 4.17. The number of nitrogens with two attached hydrogens (primary N) is 1. The summed E-state index contributed by atoms with van der Waals surface area (Å²) >= 11 is 1.25. The fourth-order valence-electron chi connectivity index (χ4n) is 1.68. The van der Waals surface area contributed by atoms with Gasteiger partial charge < -0.3 is 16.4 Å². The zero-order valence-corrected chi connectivity index (χ0v) is 13.4. The summed E-state index contributed by atoms with van der Waals surface area (Å²) in [7, 11) is 1.83. The van der Waals surface area contributed by atoms with E-state index in [1.807, 2.05) is 40.1 Å². The molecule has 8 heteroatoms. The van der Waals surface area contributed by atoms with Crippen LogP contribution in [0.4, 0.5) is 10.9 Å². The summed E-state index contributed by atoms with van der Waals surface area (Å²) in [5.41, 5.74) is 6.47. The highest BCUT2D eigenvalue weighted by Gasteiger charge is 2.19. The van der Waals surface area contributed by atoms with E-state index in [2.05, 4.69) is 20.7 Å². The number of thiazole rings is 1. The molecular weight excluding hydrogens is 288 g/mol. The van der Waals surface area contributed by atoms with Crippen LogP contribution in [0.2, 0.25) is 0 Å². The topological polar surface area (TPSA) is 97.9 Å². The molecule has 0 saturated carbocycles. The van der Waals surface area contributed by atoms with Gasteiger partial charge in [-0.15, -0.1) is 0 Å². The SMILES string of the molecule is Cn1ccc(CNC(=O)c2sc(NC(C)(C)C)nc2N)n1. The predicted molar refractivity (Wildman–Crippen MR) is 84.3 cm³/mol. The number of rotatable bonds is 4. The third-order valence-electron chi connectivity index (χ3n) is 2.54. The zero-order chi connectivity index (χ0) is 15.6. The first-order valence-corrected chi connectivity index (χ1v) is 7.37. The van der Waals surface area contributed by atoms with Crippen LogP contribution in [0.3, 0.4) is 0 Å². The quantitative estimate of drug-likeness (QED) is 0.797. The van der Waals surface area contributed by atoms with Crippen molar-refractivity contribution in [3.05, 3.63) is 22.8 Å². The zero-order valence-electron chi connectivity index (χ0n) is 12.6. The van der Waals surface area contributed by atoms with Crippen LogP contribution in [0.1, 0.15) is 36.1 Å². The molecule has 7 nitrogen and oxygen atoms in total. The molecule has 0 saturated heterocycles. The first kappa shape index (κ1) is 15.3. The maximum Gasteiger partial charge on any atom is 0.265 e. The number of anilines is 2. The van der Waals surface area contributed by atoms with E-state index in [0.717, 1.165) is 5.69 Å². The Morgan fingerprint density at radius 1 is 1.48 bits per heavy atom. The predicted octanol–water partition coefficient (Wildman–Crippen LogP) is 1.60. The highest BCUT2D eigenvalue weighted by Crippen LogP contribution is 2.27. The Morgan fingerprint density at radius 3 is 2.76 bits per heavy atom. The standard InChI is InChI=1S/C13H20N6OS/c1-13(2,3)17-12-16-10(14)9(21-12)11(20)15-7-8-5-6-19(4)18-8/h5-6H,7,14H2,1-4H3,(H,15,20)(H,16,17). The van der Waals surface area contributed by atoms with E-state index < -0.39 is 0 Å². The van der Waals surface area contributed by atoms with Gasteiger partial charge in [-0.05, 0) is 26.8 Å². The van der Waals surface area contributed by atoms with Crippen molar-refractivity contribution < 1.29 is 4.79 Å². The van der Waals surface area contributed by atoms with Gasteiger partial charge in [-0.25, -0.2) is 4.98 Å². The number of aryl methyl sites for hydroxylation is 1. The molecule has 1 amide bonds. The molecule has 0 atom stereocenters. The molecule has 2 rings (SSSR count). The van der Waals surface area contributed by atoms with Crippen molar-refractivity contribution in [3.63, 3.8) is 0 Å². The summed E-state index contributed by atoms with van der Waals surface area (Å²) in [6.07, 6.45) is 1.83. The fourth-order valence-corrected chi connectivity index (χ4v) is 2.69. The lowest BCUT2D eigenvalue weighted by atomic mass is 10.1. The Bertz CT molecular complexity index is 639. The second-order valence-corrected chi connectivity index (χ2v) is 6.77. The van der Waals surface area contributed by atoms with E-state index in [1.54, 1.807) is 4.68 Å². The van der Waals surface area contributed by atoms with Crippen LogP contribution < -0.4 is 16.4 Å². The summed E-state index contributed by atoms with van der Waals surface area (Å²) < 4.78 is 1.69. The van der Waals surface area contributed by atoms with Gasteiger partial charge in [-0.2, -0.15) is 5.10 Å². The van der Waals surface area contributed by atoms with Crippen molar-refractivity contribution >= 4 is 28.2 Å². The van der Waals surface area contributed by atoms with Gasteiger partial charge in [0.2, 0.25) is 0 Å². The Balaban J connectivity index is 2.02. The second-order valence-electron chi connectivity index (χ2n) is 5.77. The van der Waals surface area contributed by atoms with E-state index in [0.29, 0.717) is 16.6 Å². The Hall–Kier alpha value is -2.09. The van der Waals surface area contributed by atoms with Crippen molar-refractivity contribution in [2.45, 2.75) is 32.9 Å². The van der Waals surface area contributed by atoms with Crippen LogP contribution in [-0.2, 0) is 13.6 Å². The minimum atomic E-state index is -0.238. The van der Waals surface area contributed by atoms with Crippen LogP contribution in [0.5, 0.6) is 0 Å². The molecule has 0 unspecified atom stereocenters. The van der Waals surface area contributed by atoms with E-state index >= 15 is 0 Å². The number of nitrogen functional groups attached to an aromatic ring is 1. The number of carbonyl (C=O) groups excluding carboxylic acids is 1. The molecular formula is C13H20N6OS. The smallest absolute Gasteiger partial charge is 0.265 e. The van der Waals surface area contributed by atoms with Gasteiger partial charge in [0.15, 0.2) is 5.13 Å². The second kappa shape index (κ2) is 5.72. The van der Waals surface area contributed by atoms with E-state index in [-0.39, 0.29) is 17.3 Å². The van der Waals surface area contributed by atoms with Crippen LogP contribution in [-0.4, -0.2) is 26.2 Å². The number of nitrogens with one attached hydrogen (secondary N) is 2. The minimum Gasteiger partial charge on any atom is -0.382 e. The van der Waals surface area contributed by atoms with Gasteiger partial charge in [0.05, 0.1) is 12.2 Å². The van der Waals surface area contributed by atoms with Gasteiger partial charge in [0.25, 0.3) is 5.91 Å². The third-order valence-corrected chi connectivity index (χ3v) is 3.53. The summed E-state index contributed by atoms with van der Waals surface area (Å²) in [6.45, 7) is 6.42. The van der Waals surface area contributed by atoms with E-state index in [9.17, 15) is 4.79 Å². The molecule has 0 aliphatic carbocycles. The van der Waals surface area contributed by atoms with Crippen LogP contribution in [0, 0.1) is 0 Å². The number of hydrogen-bond donors (Lipinski definition) is 3. The molecule has 2 aromatic rings. The van der Waals surface area contributed by atoms with Gasteiger partial charge in [-0.1, -0.05) is 11.3 Å². The normalized spacial score (nSPS) is 11.4. The molecule has 0 aliphatic heterocycles. The van der Waals surface area contributed by atoms with Crippen molar-refractivity contribution in [2.24, 2.45) is 7.05 Å². The molecule has 0 bridgehead atoms. The summed E-state index contributed by atoms with van der Waals surface area (Å²) in [5.74, 6) is 0.00267. The van der Waals surface area contributed by atoms with Gasteiger partial charge in [0, 0.05) is 18.8 Å². The number of carbonyl (C=O) groups is 1. The van der Waals surface area contributed by atoms with E-state index in [1.165, 1.54) is 11.3 Å². The van der Waals surface area contributed by atoms with Crippen molar-refractivity contribution in [1.29, 1.82) is 0 Å². The first-order valence-electron chi connectivity index (χ1n) is 6.56. The summed E-state index contributed by atoms with van der Waals surface area (Å²) in [4.78, 5) is 16.7. The summed E-state index contributed by atoms with van der Waals surface area (Å²) in [5, 5.41) is 10.8. The first-order chi connectivity index (χ1) is 9.74. The van der Waals surface area contributed by atoms with Gasteiger partial charge in [0.1, 0.15) is 10.7 Å². The average molecular weight is 308 g/mol.